The van der Waals surface area contributed by atoms with E-state index in [2.05, 4.69) is 5.32 Å². The fourth-order valence-corrected chi connectivity index (χ4v) is 1.79. The number of carbonyl (C=O) groups is 4. The normalized spacial score (nSPS) is 14.6. The van der Waals surface area contributed by atoms with Gasteiger partial charge in [-0.25, -0.2) is 9.59 Å². The summed E-state index contributed by atoms with van der Waals surface area (Å²) < 4.78 is 0. The van der Waals surface area contributed by atoms with Crippen LogP contribution in [0.1, 0.15) is 10.4 Å². The van der Waals surface area contributed by atoms with Crippen LogP contribution >= 0.6 is 0 Å². The fraction of sp³-hybridized carbons (Fsp3) is 0.167. The van der Waals surface area contributed by atoms with Crippen LogP contribution in [0.25, 0.3) is 0 Å². The van der Waals surface area contributed by atoms with E-state index in [1.54, 1.807) is 0 Å². The number of rotatable bonds is 2. The first-order chi connectivity index (χ1) is 9.86. The molecule has 2 rings (SSSR count). The van der Waals surface area contributed by atoms with E-state index in [0.29, 0.717) is 0 Å². The Bertz CT molecular complexity index is 626. The van der Waals surface area contributed by atoms with Gasteiger partial charge in [-0.3, -0.25) is 14.9 Å². The molecule has 1 fully saturated rings. The number of amides is 4. The van der Waals surface area contributed by atoms with Gasteiger partial charge in [0.05, 0.1) is 11.3 Å². The third-order valence-electron chi connectivity index (χ3n) is 2.71. The number of imide groups is 1. The SMILES string of the molecule is O=C1CN(C(=O)Nc2ccc(O)cc2C(=O)O)CC(=O)N1. The molecule has 1 aromatic carbocycles. The van der Waals surface area contributed by atoms with Crippen LogP contribution in [-0.4, -0.2) is 52.0 Å². The summed E-state index contributed by atoms with van der Waals surface area (Å²) in [6.07, 6.45) is 0. The average Bonchev–Trinajstić information content (AvgIpc) is 2.39. The number of hydrogen-bond donors (Lipinski definition) is 4. The highest BCUT2D eigenvalue weighted by atomic mass is 16.4. The zero-order valence-corrected chi connectivity index (χ0v) is 10.6. The van der Waals surface area contributed by atoms with Gasteiger partial charge in [0.2, 0.25) is 11.8 Å². The molecule has 0 radical (unpaired) electrons. The molecule has 0 aromatic heterocycles. The molecular formula is C12H11N3O6. The monoisotopic (exact) mass is 293 g/mol. The molecular weight excluding hydrogens is 282 g/mol. The van der Waals surface area contributed by atoms with Crippen LogP contribution in [0.4, 0.5) is 10.5 Å². The Balaban J connectivity index is 2.18. The molecule has 4 amide bonds. The van der Waals surface area contributed by atoms with Gasteiger partial charge >= 0.3 is 12.0 Å². The van der Waals surface area contributed by atoms with Gasteiger partial charge in [0.1, 0.15) is 18.8 Å². The van der Waals surface area contributed by atoms with Crippen molar-refractivity contribution in [1.82, 2.24) is 10.2 Å². The van der Waals surface area contributed by atoms with Crippen molar-refractivity contribution in [3.63, 3.8) is 0 Å². The molecule has 0 aliphatic carbocycles. The van der Waals surface area contributed by atoms with E-state index >= 15 is 0 Å². The van der Waals surface area contributed by atoms with Gasteiger partial charge in [-0.05, 0) is 18.2 Å². The minimum atomic E-state index is -1.34. The number of nitrogens with one attached hydrogen (secondary N) is 2. The number of piperazine rings is 1. The first-order valence-corrected chi connectivity index (χ1v) is 5.81. The molecule has 1 aliphatic rings. The van der Waals surface area contributed by atoms with E-state index in [-0.39, 0.29) is 30.1 Å². The smallest absolute Gasteiger partial charge is 0.337 e. The Hall–Kier alpha value is -3.10. The van der Waals surface area contributed by atoms with E-state index in [1.807, 2.05) is 5.32 Å². The predicted molar refractivity (Wildman–Crippen MR) is 68.8 cm³/mol. The van der Waals surface area contributed by atoms with Crippen LogP contribution in [0.5, 0.6) is 5.75 Å². The van der Waals surface area contributed by atoms with Crippen LogP contribution in [0.2, 0.25) is 0 Å². The summed E-state index contributed by atoms with van der Waals surface area (Å²) in [5, 5.41) is 22.6. The maximum Gasteiger partial charge on any atom is 0.337 e. The average molecular weight is 293 g/mol. The standard InChI is InChI=1S/C12H11N3O6/c16-6-1-2-8(7(3-6)11(19)20)13-12(21)15-4-9(17)14-10(18)5-15/h1-3,16H,4-5H2,(H,13,21)(H,19,20)(H,14,17,18). The molecule has 21 heavy (non-hydrogen) atoms. The van der Waals surface area contributed by atoms with Gasteiger partial charge < -0.3 is 20.4 Å². The summed E-state index contributed by atoms with van der Waals surface area (Å²) in [6, 6.07) is 2.61. The number of anilines is 1. The van der Waals surface area contributed by atoms with Crippen LogP contribution in [0, 0.1) is 0 Å². The Morgan fingerprint density at radius 1 is 1.19 bits per heavy atom. The number of aromatic carboxylic acids is 1. The third-order valence-corrected chi connectivity index (χ3v) is 2.71. The van der Waals surface area contributed by atoms with Gasteiger partial charge in [0, 0.05) is 0 Å². The van der Waals surface area contributed by atoms with Crippen molar-refractivity contribution < 1.29 is 29.4 Å². The van der Waals surface area contributed by atoms with E-state index < -0.39 is 23.8 Å². The van der Waals surface area contributed by atoms with E-state index in [1.165, 1.54) is 12.1 Å². The molecule has 1 heterocycles. The Morgan fingerprint density at radius 2 is 1.81 bits per heavy atom. The van der Waals surface area contributed by atoms with Crippen LogP contribution in [0.3, 0.4) is 0 Å². The highest BCUT2D eigenvalue weighted by molar-refractivity contribution is 6.05. The van der Waals surface area contributed by atoms with Crippen molar-refractivity contribution in [2.45, 2.75) is 0 Å². The maximum absolute atomic E-state index is 11.9. The third kappa shape index (κ3) is 3.26. The molecule has 9 nitrogen and oxygen atoms in total. The van der Waals surface area contributed by atoms with E-state index in [4.69, 9.17) is 5.11 Å². The molecule has 0 atom stereocenters. The zero-order chi connectivity index (χ0) is 15.6. The lowest BCUT2D eigenvalue weighted by Gasteiger charge is -2.25. The van der Waals surface area contributed by atoms with Crippen molar-refractivity contribution in [1.29, 1.82) is 0 Å². The number of benzene rings is 1. The molecule has 0 bridgehead atoms. The second-order valence-electron chi connectivity index (χ2n) is 4.29. The number of aromatic hydroxyl groups is 1. The molecule has 1 saturated heterocycles. The van der Waals surface area contributed by atoms with Crippen molar-refractivity contribution in [3.8, 4) is 5.75 Å². The number of phenolic OH excluding ortho intramolecular Hbond substituents is 1. The second kappa shape index (κ2) is 5.49. The lowest BCUT2D eigenvalue weighted by atomic mass is 10.1. The fourth-order valence-electron chi connectivity index (χ4n) is 1.79. The summed E-state index contributed by atoms with van der Waals surface area (Å²) in [6.45, 7) is -0.615. The number of carboxylic acids is 1. The summed E-state index contributed by atoms with van der Waals surface area (Å²) in [5.74, 6) is -2.84. The molecule has 110 valence electrons. The van der Waals surface area contributed by atoms with E-state index in [9.17, 15) is 24.3 Å². The first-order valence-electron chi connectivity index (χ1n) is 5.81. The van der Waals surface area contributed by atoms with Gasteiger partial charge in [0.25, 0.3) is 0 Å². The number of nitrogens with zero attached hydrogens (tertiary/aromatic N) is 1. The highest BCUT2D eigenvalue weighted by Gasteiger charge is 2.27. The Labute approximate surface area is 118 Å². The zero-order valence-electron chi connectivity index (χ0n) is 10.6. The van der Waals surface area contributed by atoms with Gasteiger partial charge in [0.15, 0.2) is 0 Å². The number of hydrogen-bond acceptors (Lipinski definition) is 5. The molecule has 0 spiro atoms. The van der Waals surface area contributed by atoms with Gasteiger partial charge in [-0.15, -0.1) is 0 Å². The van der Waals surface area contributed by atoms with Gasteiger partial charge in [-0.2, -0.15) is 0 Å². The molecule has 1 aliphatic heterocycles. The summed E-state index contributed by atoms with van der Waals surface area (Å²) in [7, 11) is 0. The number of carbonyl (C=O) groups excluding carboxylic acids is 3. The highest BCUT2D eigenvalue weighted by Crippen LogP contribution is 2.21. The quantitative estimate of drug-likeness (QED) is 0.432. The van der Waals surface area contributed by atoms with Crippen molar-refractivity contribution in [2.75, 3.05) is 18.4 Å². The maximum atomic E-state index is 11.9. The summed E-state index contributed by atoms with van der Waals surface area (Å²) in [5.41, 5.74) is -0.361. The molecule has 4 N–H and O–H groups in total. The molecule has 9 heteroatoms. The van der Waals surface area contributed by atoms with Crippen LogP contribution in [0.15, 0.2) is 18.2 Å². The number of carboxylic acid groups (broad SMARTS) is 1. The van der Waals surface area contributed by atoms with Crippen LogP contribution < -0.4 is 10.6 Å². The largest absolute Gasteiger partial charge is 0.508 e. The number of phenols is 1. The van der Waals surface area contributed by atoms with Crippen molar-refractivity contribution in [2.24, 2.45) is 0 Å². The topological polar surface area (TPSA) is 136 Å². The summed E-state index contributed by atoms with van der Waals surface area (Å²) in [4.78, 5) is 46.3. The minimum absolute atomic E-state index is 0.0521. The molecule has 0 unspecified atom stereocenters. The molecule has 1 aromatic rings. The first kappa shape index (κ1) is 14.3. The van der Waals surface area contributed by atoms with E-state index in [0.717, 1.165) is 11.0 Å². The lowest BCUT2D eigenvalue weighted by molar-refractivity contribution is -0.134. The Morgan fingerprint density at radius 3 is 2.38 bits per heavy atom. The van der Waals surface area contributed by atoms with Crippen LogP contribution in [-0.2, 0) is 9.59 Å². The molecule has 0 saturated carbocycles. The minimum Gasteiger partial charge on any atom is -0.508 e. The lowest BCUT2D eigenvalue weighted by Crippen LogP contribution is -2.54. The number of urea groups is 1. The van der Waals surface area contributed by atoms with Crippen molar-refractivity contribution in [3.05, 3.63) is 23.8 Å². The van der Waals surface area contributed by atoms with Crippen molar-refractivity contribution >= 4 is 29.5 Å². The van der Waals surface area contributed by atoms with Gasteiger partial charge in [-0.1, -0.05) is 0 Å². The second-order valence-corrected chi connectivity index (χ2v) is 4.29. The Kier molecular flexibility index (Phi) is 3.74. The predicted octanol–water partition coefficient (Wildman–Crippen LogP) is -0.419. The summed E-state index contributed by atoms with van der Waals surface area (Å²) >= 11 is 0.